The Balaban J connectivity index is 2.14. The van der Waals surface area contributed by atoms with Crippen LogP contribution in [-0.4, -0.2) is 27.7 Å². The van der Waals surface area contributed by atoms with Crippen LogP contribution in [0.4, 0.5) is 0 Å². The molecule has 0 aromatic heterocycles. The zero-order chi connectivity index (χ0) is 13.5. The Labute approximate surface area is 109 Å². The van der Waals surface area contributed by atoms with Crippen LogP contribution in [0.3, 0.4) is 0 Å². The summed E-state index contributed by atoms with van der Waals surface area (Å²) >= 11 is 0. The molecule has 0 saturated heterocycles. The highest BCUT2D eigenvalue weighted by Gasteiger charge is 2.79. The maximum Gasteiger partial charge on any atom is 0.168 e. The lowest BCUT2D eigenvalue weighted by molar-refractivity contribution is -0.216. The lowest BCUT2D eigenvalue weighted by Crippen LogP contribution is -2.66. The molecule has 0 heterocycles. The second kappa shape index (κ2) is 3.18. The van der Waals surface area contributed by atoms with E-state index in [9.17, 15) is 15.0 Å². The molecule has 0 aromatic carbocycles. The van der Waals surface area contributed by atoms with Gasteiger partial charge in [0, 0.05) is 11.3 Å². The molecule has 3 heteroatoms. The number of rotatable bonds is 0. The van der Waals surface area contributed by atoms with E-state index < -0.39 is 11.7 Å². The summed E-state index contributed by atoms with van der Waals surface area (Å²) in [5.41, 5.74) is -1.60. The number of aliphatic hydroxyl groups excluding tert-OH is 1. The topological polar surface area (TPSA) is 57.5 Å². The van der Waals surface area contributed by atoms with Gasteiger partial charge in [-0.25, -0.2) is 0 Å². The van der Waals surface area contributed by atoms with Crippen LogP contribution in [0.15, 0.2) is 0 Å². The first-order valence-electron chi connectivity index (χ1n) is 7.13. The largest absolute Gasteiger partial charge is 0.386 e. The number of carbonyl (C=O) groups excluding carboxylic acids is 1. The predicted molar refractivity (Wildman–Crippen MR) is 67.8 cm³/mol. The van der Waals surface area contributed by atoms with Crippen molar-refractivity contribution in [1.29, 1.82) is 0 Å². The molecule has 3 rings (SSSR count). The van der Waals surface area contributed by atoms with Crippen molar-refractivity contribution in [1.82, 2.24) is 0 Å². The molecule has 3 fully saturated rings. The summed E-state index contributed by atoms with van der Waals surface area (Å²) in [5.74, 6) is 0.395. The van der Waals surface area contributed by atoms with Gasteiger partial charge in [-0.15, -0.1) is 0 Å². The normalized spacial score (nSPS) is 57.8. The van der Waals surface area contributed by atoms with Crippen LogP contribution in [-0.2, 0) is 4.79 Å². The van der Waals surface area contributed by atoms with Gasteiger partial charge in [0.15, 0.2) is 5.78 Å². The van der Waals surface area contributed by atoms with Crippen molar-refractivity contribution >= 4 is 5.78 Å². The van der Waals surface area contributed by atoms with Gasteiger partial charge >= 0.3 is 0 Å². The number of carbonyl (C=O) groups is 1. The third-order valence-electron chi connectivity index (χ3n) is 6.65. The minimum atomic E-state index is -1.21. The molecule has 18 heavy (non-hydrogen) atoms. The molecule has 0 amide bonds. The van der Waals surface area contributed by atoms with E-state index in [1.165, 1.54) is 0 Å². The molecule has 0 spiro atoms. The summed E-state index contributed by atoms with van der Waals surface area (Å²) in [4.78, 5) is 12.3. The molecule has 0 aliphatic heterocycles. The first-order chi connectivity index (χ1) is 8.19. The zero-order valence-electron chi connectivity index (χ0n) is 11.7. The fraction of sp³-hybridized carbons (Fsp3) is 0.933. The minimum absolute atomic E-state index is 0.0571. The molecular formula is C15H24O3. The number of fused-ring (bicyclic) bond motifs is 3. The highest BCUT2D eigenvalue weighted by Crippen LogP contribution is 2.75. The summed E-state index contributed by atoms with van der Waals surface area (Å²) in [5, 5.41) is 21.4. The second-order valence-corrected chi connectivity index (χ2v) is 7.58. The van der Waals surface area contributed by atoms with Crippen molar-refractivity contribution in [3.05, 3.63) is 0 Å². The van der Waals surface area contributed by atoms with Crippen LogP contribution < -0.4 is 0 Å². The SMILES string of the molecule is C[C@H]1CCC[C@]2(O)[C@@H](O)C(=O)[C@H]3[C@H](C3(C)C)[C@]12C. The van der Waals surface area contributed by atoms with E-state index in [0.717, 1.165) is 12.8 Å². The van der Waals surface area contributed by atoms with Gasteiger partial charge < -0.3 is 10.2 Å². The van der Waals surface area contributed by atoms with Gasteiger partial charge in [0.05, 0.1) is 0 Å². The van der Waals surface area contributed by atoms with Gasteiger partial charge in [0.1, 0.15) is 11.7 Å². The Kier molecular flexibility index (Phi) is 2.23. The lowest BCUT2D eigenvalue weighted by atomic mass is 9.51. The Morgan fingerprint density at radius 1 is 1.28 bits per heavy atom. The van der Waals surface area contributed by atoms with Crippen molar-refractivity contribution in [2.24, 2.45) is 28.6 Å². The first-order valence-corrected chi connectivity index (χ1v) is 7.13. The highest BCUT2D eigenvalue weighted by atomic mass is 16.4. The lowest BCUT2D eigenvalue weighted by Gasteiger charge is -2.56. The molecule has 6 atom stereocenters. The molecule has 0 radical (unpaired) electrons. The van der Waals surface area contributed by atoms with E-state index in [4.69, 9.17) is 0 Å². The third-order valence-corrected chi connectivity index (χ3v) is 6.65. The van der Waals surface area contributed by atoms with Gasteiger partial charge in [-0.1, -0.05) is 34.1 Å². The van der Waals surface area contributed by atoms with E-state index in [1.54, 1.807) is 0 Å². The fourth-order valence-electron chi connectivity index (χ4n) is 5.37. The van der Waals surface area contributed by atoms with Crippen molar-refractivity contribution in [2.75, 3.05) is 0 Å². The maximum absolute atomic E-state index is 12.3. The van der Waals surface area contributed by atoms with Crippen molar-refractivity contribution in [2.45, 2.75) is 58.7 Å². The number of hydrogen-bond donors (Lipinski definition) is 2. The molecule has 0 bridgehead atoms. The first kappa shape index (κ1) is 12.6. The van der Waals surface area contributed by atoms with Gasteiger partial charge in [-0.3, -0.25) is 4.79 Å². The standard InChI is InChI=1S/C15H24O3/c1-8-6-5-7-15(18)12(17)10(16)9-11(13(9,2)3)14(8,15)4/h8-9,11-12,17-18H,5-7H2,1-4H3/t8-,9-,11+,12-,14-,15-/m0/s1. The van der Waals surface area contributed by atoms with E-state index in [-0.39, 0.29) is 28.4 Å². The van der Waals surface area contributed by atoms with Gasteiger partial charge in [0.2, 0.25) is 0 Å². The summed E-state index contributed by atoms with van der Waals surface area (Å²) in [6.07, 6.45) is 1.35. The monoisotopic (exact) mass is 252 g/mol. The van der Waals surface area contributed by atoms with Crippen molar-refractivity contribution < 1.29 is 15.0 Å². The predicted octanol–water partition coefficient (Wildman–Crippen LogP) is 1.76. The number of Topliss-reactive ketones (excluding diaryl/α,β-unsaturated/α-hetero) is 1. The molecular weight excluding hydrogens is 228 g/mol. The molecule has 102 valence electrons. The third kappa shape index (κ3) is 1.07. The Morgan fingerprint density at radius 2 is 1.89 bits per heavy atom. The summed E-state index contributed by atoms with van der Waals surface area (Å²) in [6, 6.07) is 0. The quantitative estimate of drug-likeness (QED) is 0.690. The zero-order valence-corrected chi connectivity index (χ0v) is 11.7. The van der Waals surface area contributed by atoms with Crippen LogP contribution in [0.2, 0.25) is 0 Å². The van der Waals surface area contributed by atoms with Crippen LogP contribution in [0.1, 0.15) is 47.0 Å². The smallest absolute Gasteiger partial charge is 0.168 e. The Hall–Kier alpha value is -0.410. The average molecular weight is 252 g/mol. The van der Waals surface area contributed by atoms with E-state index in [1.807, 2.05) is 0 Å². The molecule has 3 nitrogen and oxygen atoms in total. The maximum atomic E-state index is 12.3. The average Bonchev–Trinajstić information content (AvgIpc) is 2.86. The van der Waals surface area contributed by atoms with Crippen molar-refractivity contribution in [3.63, 3.8) is 0 Å². The summed E-state index contributed by atoms with van der Waals surface area (Å²) in [6.45, 7) is 8.47. The molecule has 0 aromatic rings. The van der Waals surface area contributed by atoms with Crippen LogP contribution in [0.5, 0.6) is 0 Å². The Bertz CT molecular complexity index is 416. The number of hydrogen-bond acceptors (Lipinski definition) is 3. The van der Waals surface area contributed by atoms with Gasteiger partial charge in [-0.05, 0) is 30.1 Å². The second-order valence-electron chi connectivity index (χ2n) is 7.58. The van der Waals surface area contributed by atoms with E-state index in [2.05, 4.69) is 27.7 Å². The van der Waals surface area contributed by atoms with Crippen LogP contribution >= 0.6 is 0 Å². The van der Waals surface area contributed by atoms with Crippen molar-refractivity contribution in [3.8, 4) is 0 Å². The van der Waals surface area contributed by atoms with Crippen LogP contribution in [0.25, 0.3) is 0 Å². The minimum Gasteiger partial charge on any atom is -0.386 e. The highest BCUT2D eigenvalue weighted by molar-refractivity contribution is 5.92. The Morgan fingerprint density at radius 3 is 2.50 bits per heavy atom. The van der Waals surface area contributed by atoms with Gasteiger partial charge in [0.25, 0.3) is 0 Å². The molecule has 0 unspecified atom stereocenters. The number of ketones is 1. The fourth-order valence-corrected chi connectivity index (χ4v) is 5.37. The summed E-state index contributed by atoms with van der Waals surface area (Å²) in [7, 11) is 0. The van der Waals surface area contributed by atoms with Gasteiger partial charge in [-0.2, -0.15) is 0 Å². The molecule has 3 aliphatic rings. The van der Waals surface area contributed by atoms with E-state index in [0.29, 0.717) is 12.3 Å². The number of aliphatic hydroxyl groups is 2. The molecule has 3 saturated carbocycles. The van der Waals surface area contributed by atoms with Crippen LogP contribution in [0, 0.1) is 28.6 Å². The van der Waals surface area contributed by atoms with E-state index >= 15 is 0 Å². The molecule has 3 aliphatic carbocycles. The molecule has 2 N–H and O–H groups in total. The summed E-state index contributed by atoms with van der Waals surface area (Å²) < 4.78 is 0.